The van der Waals surface area contributed by atoms with E-state index in [2.05, 4.69) is 10.1 Å². The zero-order valence-electron chi connectivity index (χ0n) is 10.6. The SMILES string of the molecule is O=C(N/N=C(/c1ccccc1)C(F)(F)F)c1ccncc1. The standard InChI is InChI=1S/C14H10F3N3O/c15-14(16,17)12(10-4-2-1-3-5-10)19-20-13(21)11-6-8-18-9-7-11/h1-9H,(H,20,21)/b19-12-. The van der Waals surface area contributed by atoms with E-state index in [4.69, 9.17) is 0 Å². The predicted octanol–water partition coefficient (Wildman–Crippen LogP) is 2.78. The first-order chi connectivity index (χ1) is 9.98. The van der Waals surface area contributed by atoms with Crippen molar-refractivity contribution in [3.05, 3.63) is 66.0 Å². The number of hydrogen-bond donors (Lipinski definition) is 1. The van der Waals surface area contributed by atoms with E-state index in [1.165, 1.54) is 48.8 Å². The largest absolute Gasteiger partial charge is 0.435 e. The zero-order chi connectivity index (χ0) is 15.3. The zero-order valence-corrected chi connectivity index (χ0v) is 10.6. The molecule has 21 heavy (non-hydrogen) atoms. The van der Waals surface area contributed by atoms with Crippen LogP contribution in [0, 0.1) is 0 Å². The molecule has 108 valence electrons. The van der Waals surface area contributed by atoms with E-state index in [0.29, 0.717) is 0 Å². The third-order valence-corrected chi connectivity index (χ3v) is 2.53. The molecule has 1 aromatic heterocycles. The fraction of sp³-hybridized carbons (Fsp3) is 0.0714. The molecule has 0 radical (unpaired) electrons. The molecule has 0 aliphatic rings. The van der Waals surface area contributed by atoms with Gasteiger partial charge in [-0.25, -0.2) is 5.43 Å². The van der Waals surface area contributed by atoms with E-state index in [1.807, 2.05) is 5.43 Å². The number of pyridine rings is 1. The van der Waals surface area contributed by atoms with Gasteiger partial charge in [-0.1, -0.05) is 30.3 Å². The van der Waals surface area contributed by atoms with E-state index in [1.54, 1.807) is 6.07 Å². The summed E-state index contributed by atoms with van der Waals surface area (Å²) in [6.07, 6.45) is -1.95. The quantitative estimate of drug-likeness (QED) is 0.699. The number of carbonyl (C=O) groups excluding carboxylic acids is 1. The van der Waals surface area contributed by atoms with Crippen LogP contribution >= 0.6 is 0 Å². The summed E-state index contributed by atoms with van der Waals surface area (Å²) in [5.41, 5.74) is 0.789. The highest BCUT2D eigenvalue weighted by Crippen LogP contribution is 2.22. The Balaban J connectivity index is 2.25. The Bertz CT molecular complexity index is 640. The predicted molar refractivity (Wildman–Crippen MR) is 70.7 cm³/mol. The number of amides is 1. The second-order valence-electron chi connectivity index (χ2n) is 4.00. The van der Waals surface area contributed by atoms with Gasteiger partial charge in [0.1, 0.15) is 0 Å². The molecule has 0 saturated carbocycles. The summed E-state index contributed by atoms with van der Waals surface area (Å²) in [5, 5.41) is 3.21. The number of alkyl halides is 3. The molecule has 0 unspecified atom stereocenters. The molecule has 1 heterocycles. The first-order valence-electron chi connectivity index (χ1n) is 5.89. The van der Waals surface area contributed by atoms with Crippen LogP contribution in [-0.2, 0) is 0 Å². The molecule has 2 aromatic rings. The third-order valence-electron chi connectivity index (χ3n) is 2.53. The number of hydrazone groups is 1. The smallest absolute Gasteiger partial charge is 0.267 e. The number of aromatic nitrogens is 1. The second kappa shape index (κ2) is 6.17. The molecule has 0 aliphatic carbocycles. The molecule has 1 N–H and O–H groups in total. The van der Waals surface area contributed by atoms with E-state index >= 15 is 0 Å². The molecule has 0 spiro atoms. The van der Waals surface area contributed by atoms with Crippen LogP contribution in [0.1, 0.15) is 15.9 Å². The van der Waals surface area contributed by atoms with Crippen molar-refractivity contribution in [3.63, 3.8) is 0 Å². The van der Waals surface area contributed by atoms with E-state index in [-0.39, 0.29) is 11.1 Å². The fourth-order valence-electron chi connectivity index (χ4n) is 1.56. The molecule has 0 aliphatic heterocycles. The Morgan fingerprint density at radius 2 is 1.62 bits per heavy atom. The second-order valence-corrected chi connectivity index (χ2v) is 4.00. The number of hydrogen-bond acceptors (Lipinski definition) is 3. The third kappa shape index (κ3) is 3.88. The fourth-order valence-corrected chi connectivity index (χ4v) is 1.56. The van der Waals surface area contributed by atoms with Gasteiger partial charge in [-0.2, -0.15) is 18.3 Å². The van der Waals surface area contributed by atoms with E-state index in [0.717, 1.165) is 0 Å². The van der Waals surface area contributed by atoms with Crippen molar-refractivity contribution >= 4 is 11.6 Å². The van der Waals surface area contributed by atoms with Gasteiger partial charge >= 0.3 is 6.18 Å². The van der Waals surface area contributed by atoms with Crippen molar-refractivity contribution in [2.75, 3.05) is 0 Å². The Kier molecular flexibility index (Phi) is 4.32. The molecule has 0 fully saturated rings. The Morgan fingerprint density at radius 1 is 1.00 bits per heavy atom. The summed E-state index contributed by atoms with van der Waals surface area (Å²) in [7, 11) is 0. The van der Waals surface area contributed by atoms with Crippen molar-refractivity contribution in [2.45, 2.75) is 6.18 Å². The maximum absolute atomic E-state index is 13.0. The highest BCUT2D eigenvalue weighted by atomic mass is 19.4. The molecular formula is C14H10F3N3O. The van der Waals surface area contributed by atoms with Crippen molar-refractivity contribution in [2.24, 2.45) is 5.10 Å². The van der Waals surface area contributed by atoms with Gasteiger partial charge in [0.2, 0.25) is 0 Å². The summed E-state index contributed by atoms with van der Waals surface area (Å²) in [4.78, 5) is 15.4. The first kappa shape index (κ1) is 14.7. The lowest BCUT2D eigenvalue weighted by Crippen LogP contribution is -2.29. The van der Waals surface area contributed by atoms with Crippen molar-refractivity contribution < 1.29 is 18.0 Å². The van der Waals surface area contributed by atoms with Gasteiger partial charge in [-0.3, -0.25) is 9.78 Å². The van der Waals surface area contributed by atoms with Crippen LogP contribution < -0.4 is 5.43 Å². The molecule has 2 rings (SSSR count). The average molecular weight is 293 g/mol. The average Bonchev–Trinajstić information content (AvgIpc) is 2.48. The molecule has 4 nitrogen and oxygen atoms in total. The Hall–Kier alpha value is -2.70. The number of nitrogens with zero attached hydrogens (tertiary/aromatic N) is 2. The van der Waals surface area contributed by atoms with Crippen LogP contribution in [0.15, 0.2) is 60.0 Å². The minimum atomic E-state index is -4.67. The van der Waals surface area contributed by atoms with Gasteiger partial charge in [-0.05, 0) is 12.1 Å². The minimum Gasteiger partial charge on any atom is -0.267 e. The van der Waals surface area contributed by atoms with Crippen molar-refractivity contribution in [3.8, 4) is 0 Å². The van der Waals surface area contributed by atoms with Crippen LogP contribution in [0.2, 0.25) is 0 Å². The maximum Gasteiger partial charge on any atom is 0.435 e. The topological polar surface area (TPSA) is 54.4 Å². The van der Waals surface area contributed by atoms with Crippen LogP contribution in [0.4, 0.5) is 13.2 Å². The lowest BCUT2D eigenvalue weighted by Gasteiger charge is -2.10. The summed E-state index contributed by atoms with van der Waals surface area (Å²) in [6.45, 7) is 0. The molecule has 7 heteroatoms. The molecule has 0 saturated heterocycles. The van der Waals surface area contributed by atoms with Gasteiger partial charge in [0.25, 0.3) is 5.91 Å². The van der Waals surface area contributed by atoms with Gasteiger partial charge < -0.3 is 0 Å². The first-order valence-corrected chi connectivity index (χ1v) is 5.89. The van der Waals surface area contributed by atoms with E-state index in [9.17, 15) is 18.0 Å². The van der Waals surface area contributed by atoms with Gasteiger partial charge in [0, 0.05) is 23.5 Å². The summed E-state index contributed by atoms with van der Waals surface area (Å²) >= 11 is 0. The normalized spacial score (nSPS) is 12.0. The molecule has 0 atom stereocenters. The van der Waals surface area contributed by atoms with Crippen LogP contribution in [0.3, 0.4) is 0 Å². The van der Waals surface area contributed by atoms with Crippen LogP contribution in [0.5, 0.6) is 0 Å². The maximum atomic E-state index is 13.0. The summed E-state index contributed by atoms with van der Waals surface area (Å²) in [6, 6.07) is 9.80. The van der Waals surface area contributed by atoms with Crippen molar-refractivity contribution in [1.29, 1.82) is 0 Å². The molecule has 1 aromatic carbocycles. The highest BCUT2D eigenvalue weighted by Gasteiger charge is 2.37. The molecule has 0 bridgehead atoms. The van der Waals surface area contributed by atoms with Gasteiger partial charge in [0.05, 0.1) is 0 Å². The van der Waals surface area contributed by atoms with Crippen LogP contribution in [-0.4, -0.2) is 22.8 Å². The lowest BCUT2D eigenvalue weighted by atomic mass is 10.1. The lowest BCUT2D eigenvalue weighted by molar-refractivity contribution is -0.0583. The Morgan fingerprint density at radius 3 is 2.19 bits per heavy atom. The number of halogens is 3. The minimum absolute atomic E-state index is 0.125. The molecular weight excluding hydrogens is 283 g/mol. The number of carbonyl (C=O) groups is 1. The Labute approximate surface area is 118 Å². The number of nitrogens with one attached hydrogen (secondary N) is 1. The number of benzene rings is 1. The molecule has 1 amide bonds. The van der Waals surface area contributed by atoms with E-state index < -0.39 is 17.8 Å². The van der Waals surface area contributed by atoms with Crippen LogP contribution in [0.25, 0.3) is 0 Å². The number of rotatable bonds is 3. The summed E-state index contributed by atoms with van der Waals surface area (Å²) in [5.74, 6) is -0.741. The summed E-state index contributed by atoms with van der Waals surface area (Å²) < 4.78 is 38.9. The van der Waals surface area contributed by atoms with Crippen molar-refractivity contribution in [1.82, 2.24) is 10.4 Å². The monoisotopic (exact) mass is 293 g/mol. The van der Waals surface area contributed by atoms with Gasteiger partial charge in [0.15, 0.2) is 5.71 Å². The van der Waals surface area contributed by atoms with Gasteiger partial charge in [-0.15, -0.1) is 0 Å². The highest BCUT2D eigenvalue weighted by molar-refractivity contribution is 6.05.